The van der Waals surface area contributed by atoms with Crippen LogP contribution < -0.4 is 0 Å². The molecule has 1 rings (SSSR count). The number of aromatic nitrogens is 2. The largest absolute Gasteiger partial charge is 0.477 e. The fourth-order valence-electron chi connectivity index (χ4n) is 0.885. The van der Waals surface area contributed by atoms with Gasteiger partial charge in [0.2, 0.25) is 0 Å². The molecule has 1 heterocycles. The highest BCUT2D eigenvalue weighted by Gasteiger charge is 2.11. The van der Waals surface area contributed by atoms with Crippen LogP contribution in [0, 0.1) is 11.3 Å². The summed E-state index contributed by atoms with van der Waals surface area (Å²) < 4.78 is 1.28. The zero-order chi connectivity index (χ0) is 9.14. The Labute approximate surface area is 68.8 Å². The third kappa shape index (κ3) is 1.27. The van der Waals surface area contributed by atoms with Gasteiger partial charge in [0.25, 0.3) is 0 Å². The second-order valence-corrected chi connectivity index (χ2v) is 2.15. The summed E-state index contributed by atoms with van der Waals surface area (Å²) in [5, 5.41) is 20.8. The number of carboxylic acids is 1. The Kier molecular flexibility index (Phi) is 2.10. The molecule has 0 fully saturated rings. The zero-order valence-corrected chi connectivity index (χ0v) is 6.48. The maximum absolute atomic E-state index is 10.5. The maximum Gasteiger partial charge on any atom is 0.354 e. The van der Waals surface area contributed by atoms with E-state index in [1.807, 2.05) is 0 Å². The number of aryl methyl sites for hydroxylation is 1. The van der Waals surface area contributed by atoms with Crippen molar-refractivity contribution in [1.82, 2.24) is 9.78 Å². The summed E-state index contributed by atoms with van der Waals surface area (Å²) in [4.78, 5) is 10.5. The number of nitriles is 1. The number of nitrogens with zero attached hydrogens (tertiary/aromatic N) is 3. The van der Waals surface area contributed by atoms with Crippen molar-refractivity contribution in [2.24, 2.45) is 0 Å². The quantitative estimate of drug-likeness (QED) is 0.690. The number of hydrogen-bond donors (Lipinski definition) is 1. The van der Waals surface area contributed by atoms with Crippen LogP contribution in [0.3, 0.4) is 0 Å². The predicted octanol–water partition coefficient (Wildman–Crippen LogP) is 0.473. The van der Waals surface area contributed by atoms with E-state index >= 15 is 0 Å². The van der Waals surface area contributed by atoms with Crippen molar-refractivity contribution in [3.8, 4) is 6.07 Å². The molecule has 0 bridgehead atoms. The first-order valence-electron chi connectivity index (χ1n) is 3.40. The van der Waals surface area contributed by atoms with Gasteiger partial charge >= 0.3 is 5.97 Å². The molecule has 0 aliphatic heterocycles. The Morgan fingerprint density at radius 2 is 2.58 bits per heavy atom. The molecular weight excluding hydrogens is 158 g/mol. The third-order valence-electron chi connectivity index (χ3n) is 1.41. The van der Waals surface area contributed by atoms with Gasteiger partial charge in [-0.25, -0.2) is 4.79 Å². The standard InChI is InChI=1S/C7H7N3O2/c1-2-10-6(7(11)12)3-5(4-8)9-10/h3H,2H2,1H3,(H,11,12). The Bertz CT molecular complexity index is 348. The fourth-order valence-corrected chi connectivity index (χ4v) is 0.885. The third-order valence-corrected chi connectivity index (χ3v) is 1.41. The van der Waals surface area contributed by atoms with Gasteiger partial charge < -0.3 is 5.11 Å². The Morgan fingerprint density at radius 3 is 2.92 bits per heavy atom. The van der Waals surface area contributed by atoms with Crippen LogP contribution in [0.2, 0.25) is 0 Å². The number of rotatable bonds is 2. The molecule has 1 aromatic heterocycles. The minimum Gasteiger partial charge on any atom is -0.477 e. The first-order valence-corrected chi connectivity index (χ1v) is 3.40. The van der Waals surface area contributed by atoms with E-state index in [9.17, 15) is 4.79 Å². The van der Waals surface area contributed by atoms with Gasteiger partial charge in [-0.1, -0.05) is 0 Å². The fraction of sp³-hybridized carbons (Fsp3) is 0.286. The van der Waals surface area contributed by atoms with Crippen LogP contribution in [-0.4, -0.2) is 20.9 Å². The second-order valence-electron chi connectivity index (χ2n) is 2.15. The van der Waals surface area contributed by atoms with E-state index in [1.165, 1.54) is 10.7 Å². The smallest absolute Gasteiger partial charge is 0.354 e. The first-order chi connectivity index (χ1) is 5.69. The van der Waals surface area contributed by atoms with E-state index in [1.54, 1.807) is 13.0 Å². The summed E-state index contributed by atoms with van der Waals surface area (Å²) in [5.74, 6) is -1.06. The van der Waals surface area contributed by atoms with Gasteiger partial charge in [-0.2, -0.15) is 10.4 Å². The van der Waals surface area contributed by atoms with Gasteiger partial charge in [-0.15, -0.1) is 0 Å². The van der Waals surface area contributed by atoms with Crippen molar-refractivity contribution in [3.05, 3.63) is 17.5 Å². The first kappa shape index (κ1) is 8.27. The molecule has 12 heavy (non-hydrogen) atoms. The lowest BCUT2D eigenvalue weighted by Crippen LogP contribution is -2.08. The predicted molar refractivity (Wildman–Crippen MR) is 39.6 cm³/mol. The minimum atomic E-state index is -1.06. The second kappa shape index (κ2) is 3.05. The summed E-state index contributed by atoms with van der Waals surface area (Å²) in [5.41, 5.74) is 0.184. The lowest BCUT2D eigenvalue weighted by molar-refractivity contribution is 0.0683. The molecule has 1 aromatic rings. The van der Waals surface area contributed by atoms with Crippen LogP contribution in [0.5, 0.6) is 0 Å². The topological polar surface area (TPSA) is 78.9 Å². The molecule has 0 aliphatic carbocycles. The van der Waals surface area contributed by atoms with Crippen LogP contribution in [0.25, 0.3) is 0 Å². The van der Waals surface area contributed by atoms with Crippen LogP contribution >= 0.6 is 0 Å². The maximum atomic E-state index is 10.5. The van der Waals surface area contributed by atoms with Crippen LogP contribution in [0.4, 0.5) is 0 Å². The van der Waals surface area contributed by atoms with Gasteiger partial charge in [0.1, 0.15) is 11.8 Å². The summed E-state index contributed by atoms with van der Waals surface area (Å²) in [6.45, 7) is 2.21. The molecule has 62 valence electrons. The number of hydrogen-bond acceptors (Lipinski definition) is 3. The van der Waals surface area contributed by atoms with E-state index < -0.39 is 5.97 Å². The van der Waals surface area contributed by atoms with Gasteiger partial charge in [-0.05, 0) is 6.92 Å². The Balaban J connectivity index is 3.19. The molecule has 0 aliphatic rings. The van der Waals surface area contributed by atoms with Gasteiger partial charge in [0, 0.05) is 12.6 Å². The number of carboxylic acid groups (broad SMARTS) is 1. The molecule has 0 amide bonds. The average Bonchev–Trinajstić information content (AvgIpc) is 2.47. The number of carbonyl (C=O) groups is 1. The highest BCUT2D eigenvalue weighted by Crippen LogP contribution is 2.03. The Hall–Kier alpha value is -1.83. The molecular formula is C7H7N3O2. The monoisotopic (exact) mass is 165 g/mol. The lowest BCUT2D eigenvalue weighted by Gasteiger charge is -1.96. The molecule has 0 atom stereocenters. The van der Waals surface area contributed by atoms with Gasteiger partial charge in [0.05, 0.1) is 0 Å². The van der Waals surface area contributed by atoms with Crippen molar-refractivity contribution in [2.45, 2.75) is 13.5 Å². The van der Waals surface area contributed by atoms with Crippen LogP contribution in [-0.2, 0) is 6.54 Å². The highest BCUT2D eigenvalue weighted by atomic mass is 16.4. The molecule has 1 N–H and O–H groups in total. The van der Waals surface area contributed by atoms with Gasteiger partial charge in [-0.3, -0.25) is 4.68 Å². The molecule has 0 radical (unpaired) electrons. The minimum absolute atomic E-state index is 0.0500. The van der Waals surface area contributed by atoms with Crippen molar-refractivity contribution in [2.75, 3.05) is 0 Å². The van der Waals surface area contributed by atoms with Crippen LogP contribution in [0.1, 0.15) is 23.1 Å². The molecule has 0 unspecified atom stereocenters. The molecule has 0 aromatic carbocycles. The van der Waals surface area contributed by atoms with E-state index in [4.69, 9.17) is 10.4 Å². The van der Waals surface area contributed by atoms with E-state index in [0.717, 1.165) is 0 Å². The molecule has 0 saturated heterocycles. The van der Waals surface area contributed by atoms with E-state index in [-0.39, 0.29) is 11.4 Å². The molecule has 5 heteroatoms. The van der Waals surface area contributed by atoms with Crippen molar-refractivity contribution in [1.29, 1.82) is 5.26 Å². The Morgan fingerprint density at radius 1 is 1.92 bits per heavy atom. The van der Waals surface area contributed by atoms with Crippen molar-refractivity contribution in [3.63, 3.8) is 0 Å². The summed E-state index contributed by atoms with van der Waals surface area (Å²) in [6.07, 6.45) is 0. The highest BCUT2D eigenvalue weighted by molar-refractivity contribution is 5.85. The summed E-state index contributed by atoms with van der Waals surface area (Å²) in [6, 6.07) is 3.04. The average molecular weight is 165 g/mol. The summed E-state index contributed by atoms with van der Waals surface area (Å²) >= 11 is 0. The number of aromatic carboxylic acids is 1. The molecule has 5 nitrogen and oxygen atoms in total. The van der Waals surface area contributed by atoms with Crippen molar-refractivity contribution >= 4 is 5.97 Å². The van der Waals surface area contributed by atoms with E-state index in [0.29, 0.717) is 6.54 Å². The van der Waals surface area contributed by atoms with E-state index in [2.05, 4.69) is 5.10 Å². The van der Waals surface area contributed by atoms with Gasteiger partial charge in [0.15, 0.2) is 5.69 Å². The summed E-state index contributed by atoms with van der Waals surface area (Å²) in [7, 11) is 0. The lowest BCUT2D eigenvalue weighted by atomic mass is 10.4. The van der Waals surface area contributed by atoms with Crippen LogP contribution in [0.15, 0.2) is 6.07 Å². The molecule has 0 spiro atoms. The zero-order valence-electron chi connectivity index (χ0n) is 6.48. The SMILES string of the molecule is CCn1nc(C#N)cc1C(=O)O. The normalized spacial score (nSPS) is 9.33. The molecule has 0 saturated carbocycles. The van der Waals surface area contributed by atoms with Crippen molar-refractivity contribution < 1.29 is 9.90 Å².